The highest BCUT2D eigenvalue weighted by atomic mass is 35.5. The van der Waals surface area contributed by atoms with E-state index in [9.17, 15) is 4.79 Å². The van der Waals surface area contributed by atoms with Gasteiger partial charge in [-0.1, -0.05) is 41.4 Å². The summed E-state index contributed by atoms with van der Waals surface area (Å²) in [4.78, 5) is 14.6. The molecule has 0 aliphatic rings. The molecule has 0 spiro atoms. The number of esters is 1. The molecule has 0 saturated carbocycles. The molecular formula is C12H9Cl2NO2. The first-order valence-corrected chi connectivity index (χ1v) is 5.81. The predicted molar refractivity (Wildman–Crippen MR) is 67.5 cm³/mol. The second kappa shape index (κ2) is 4.90. The van der Waals surface area contributed by atoms with E-state index in [1.54, 1.807) is 18.2 Å². The van der Waals surface area contributed by atoms with E-state index >= 15 is 0 Å². The van der Waals surface area contributed by atoms with Crippen LogP contribution in [0.2, 0.25) is 0 Å². The van der Waals surface area contributed by atoms with Crippen LogP contribution in [0.15, 0.2) is 30.3 Å². The van der Waals surface area contributed by atoms with Crippen molar-refractivity contribution in [2.24, 2.45) is 0 Å². The van der Waals surface area contributed by atoms with Crippen LogP contribution in [-0.4, -0.2) is 11.0 Å². The molecule has 2 rings (SSSR count). The lowest BCUT2D eigenvalue weighted by atomic mass is 10.2. The summed E-state index contributed by atoms with van der Waals surface area (Å²) in [6, 6.07) is 8.92. The van der Waals surface area contributed by atoms with Gasteiger partial charge in [-0.3, -0.25) is 4.79 Å². The zero-order chi connectivity index (χ0) is 12.4. The standard InChI is InChI=1S/C12H9Cl2NO2/c1-7(16)17-10-4-2-3-8-5-6-9(12(13)14)15-11(8)10/h2-6,12H,1H3. The van der Waals surface area contributed by atoms with Crippen LogP contribution in [0.25, 0.3) is 10.9 Å². The Morgan fingerprint density at radius 2 is 2.06 bits per heavy atom. The largest absolute Gasteiger partial charge is 0.424 e. The van der Waals surface area contributed by atoms with Gasteiger partial charge in [0.15, 0.2) is 5.75 Å². The number of fused-ring (bicyclic) bond motifs is 1. The molecule has 1 heterocycles. The van der Waals surface area contributed by atoms with E-state index in [4.69, 9.17) is 27.9 Å². The molecule has 0 fully saturated rings. The quantitative estimate of drug-likeness (QED) is 0.475. The van der Waals surface area contributed by atoms with E-state index < -0.39 is 10.8 Å². The number of benzene rings is 1. The molecule has 1 aromatic heterocycles. The van der Waals surface area contributed by atoms with Gasteiger partial charge < -0.3 is 4.74 Å². The van der Waals surface area contributed by atoms with Crippen LogP contribution in [0.1, 0.15) is 17.5 Å². The Bertz CT molecular complexity index is 569. The van der Waals surface area contributed by atoms with E-state index in [1.165, 1.54) is 6.92 Å². The Morgan fingerprint density at radius 1 is 1.29 bits per heavy atom. The van der Waals surface area contributed by atoms with Crippen LogP contribution in [-0.2, 0) is 4.79 Å². The number of aromatic nitrogens is 1. The van der Waals surface area contributed by atoms with Gasteiger partial charge in [0.25, 0.3) is 0 Å². The zero-order valence-electron chi connectivity index (χ0n) is 8.98. The number of pyridine rings is 1. The molecule has 0 saturated heterocycles. The van der Waals surface area contributed by atoms with Crippen molar-refractivity contribution in [3.05, 3.63) is 36.0 Å². The van der Waals surface area contributed by atoms with Gasteiger partial charge in [0, 0.05) is 12.3 Å². The van der Waals surface area contributed by atoms with Crippen molar-refractivity contribution in [2.75, 3.05) is 0 Å². The Morgan fingerprint density at radius 3 is 2.71 bits per heavy atom. The third-order valence-corrected chi connectivity index (χ3v) is 2.63. The van der Waals surface area contributed by atoms with Crippen molar-refractivity contribution in [1.82, 2.24) is 4.98 Å². The first-order valence-electron chi connectivity index (χ1n) is 4.94. The van der Waals surface area contributed by atoms with E-state index in [2.05, 4.69) is 4.98 Å². The predicted octanol–water partition coefficient (Wildman–Crippen LogP) is 3.64. The highest BCUT2D eigenvalue weighted by Gasteiger charge is 2.10. The number of hydrogen-bond acceptors (Lipinski definition) is 3. The molecule has 0 aliphatic heterocycles. The third kappa shape index (κ3) is 2.68. The third-order valence-electron chi connectivity index (χ3n) is 2.18. The summed E-state index contributed by atoms with van der Waals surface area (Å²) in [7, 11) is 0. The van der Waals surface area contributed by atoms with Crippen molar-refractivity contribution >= 4 is 40.1 Å². The van der Waals surface area contributed by atoms with Crippen molar-refractivity contribution in [3.63, 3.8) is 0 Å². The van der Waals surface area contributed by atoms with Gasteiger partial charge in [-0.2, -0.15) is 0 Å². The molecule has 5 heteroatoms. The number of hydrogen-bond donors (Lipinski definition) is 0. The fourth-order valence-corrected chi connectivity index (χ4v) is 1.74. The lowest BCUT2D eigenvalue weighted by Gasteiger charge is -2.07. The molecule has 3 nitrogen and oxygen atoms in total. The molecule has 0 bridgehead atoms. The molecule has 88 valence electrons. The normalized spacial score (nSPS) is 10.8. The molecule has 0 N–H and O–H groups in total. The van der Waals surface area contributed by atoms with Gasteiger partial charge in [-0.15, -0.1) is 0 Å². The van der Waals surface area contributed by atoms with Crippen molar-refractivity contribution in [3.8, 4) is 5.75 Å². The van der Waals surface area contributed by atoms with Crippen molar-refractivity contribution in [2.45, 2.75) is 11.8 Å². The average Bonchev–Trinajstić information content (AvgIpc) is 2.28. The van der Waals surface area contributed by atoms with Crippen molar-refractivity contribution < 1.29 is 9.53 Å². The smallest absolute Gasteiger partial charge is 0.308 e. The van der Waals surface area contributed by atoms with E-state index in [0.29, 0.717) is 17.0 Å². The van der Waals surface area contributed by atoms with Gasteiger partial charge in [0.1, 0.15) is 10.4 Å². The SMILES string of the molecule is CC(=O)Oc1cccc2ccc(C(Cl)Cl)nc12. The van der Waals surface area contributed by atoms with Crippen LogP contribution >= 0.6 is 23.2 Å². The van der Waals surface area contributed by atoms with Gasteiger partial charge in [0.2, 0.25) is 0 Å². The number of carbonyl (C=O) groups excluding carboxylic acids is 1. The minimum Gasteiger partial charge on any atom is -0.424 e. The molecule has 0 unspecified atom stereocenters. The number of rotatable bonds is 2. The number of carbonyl (C=O) groups is 1. The Balaban J connectivity index is 2.59. The molecule has 0 aliphatic carbocycles. The average molecular weight is 270 g/mol. The molecule has 0 radical (unpaired) electrons. The van der Waals surface area contributed by atoms with Crippen LogP contribution < -0.4 is 4.74 Å². The first kappa shape index (κ1) is 12.1. The van der Waals surface area contributed by atoms with Gasteiger partial charge in [-0.25, -0.2) is 4.98 Å². The van der Waals surface area contributed by atoms with Crippen molar-refractivity contribution in [1.29, 1.82) is 0 Å². The van der Waals surface area contributed by atoms with Gasteiger partial charge >= 0.3 is 5.97 Å². The second-order valence-corrected chi connectivity index (χ2v) is 4.55. The monoisotopic (exact) mass is 269 g/mol. The topological polar surface area (TPSA) is 39.2 Å². The lowest BCUT2D eigenvalue weighted by molar-refractivity contribution is -0.131. The molecule has 17 heavy (non-hydrogen) atoms. The summed E-state index contributed by atoms with van der Waals surface area (Å²) < 4.78 is 5.07. The minimum atomic E-state index is -0.704. The lowest BCUT2D eigenvalue weighted by Crippen LogP contribution is -2.02. The van der Waals surface area contributed by atoms with Gasteiger partial charge in [0.05, 0.1) is 5.69 Å². The fourth-order valence-electron chi connectivity index (χ4n) is 1.49. The number of ether oxygens (including phenoxy) is 1. The highest BCUT2D eigenvalue weighted by Crippen LogP contribution is 2.29. The number of halogens is 2. The molecule has 0 amide bonds. The number of para-hydroxylation sites is 1. The van der Waals surface area contributed by atoms with Crippen LogP contribution in [0.5, 0.6) is 5.75 Å². The fraction of sp³-hybridized carbons (Fsp3) is 0.167. The van der Waals surface area contributed by atoms with E-state index in [-0.39, 0.29) is 0 Å². The van der Waals surface area contributed by atoms with Gasteiger partial charge in [-0.05, 0) is 12.1 Å². The van der Waals surface area contributed by atoms with Crippen LogP contribution in [0.3, 0.4) is 0 Å². The summed E-state index contributed by atoms with van der Waals surface area (Å²) in [6.45, 7) is 1.34. The summed E-state index contributed by atoms with van der Waals surface area (Å²) in [5, 5.41) is 0.862. The van der Waals surface area contributed by atoms with E-state index in [1.807, 2.05) is 12.1 Å². The first-order chi connectivity index (χ1) is 8.08. The van der Waals surface area contributed by atoms with Crippen LogP contribution in [0.4, 0.5) is 0 Å². The highest BCUT2D eigenvalue weighted by molar-refractivity contribution is 6.43. The van der Waals surface area contributed by atoms with E-state index in [0.717, 1.165) is 5.39 Å². The number of nitrogens with zero attached hydrogens (tertiary/aromatic N) is 1. The maximum absolute atomic E-state index is 11.0. The zero-order valence-corrected chi connectivity index (χ0v) is 10.5. The second-order valence-electron chi connectivity index (χ2n) is 3.46. The summed E-state index contributed by atoms with van der Waals surface area (Å²) in [5.74, 6) is 0.0174. The summed E-state index contributed by atoms with van der Waals surface area (Å²) in [6.07, 6.45) is 0. The summed E-state index contributed by atoms with van der Waals surface area (Å²) in [5.41, 5.74) is 1.10. The van der Waals surface area contributed by atoms with Crippen LogP contribution in [0, 0.1) is 0 Å². The minimum absolute atomic E-state index is 0.391. The number of alkyl halides is 2. The summed E-state index contributed by atoms with van der Waals surface area (Å²) >= 11 is 11.5. The molecule has 2 aromatic rings. The molecule has 1 aromatic carbocycles. The Hall–Kier alpha value is -1.32. The molecule has 0 atom stereocenters. The maximum atomic E-state index is 11.0. The maximum Gasteiger partial charge on any atom is 0.308 e. The Kier molecular flexibility index (Phi) is 3.50. The Labute approximate surface area is 108 Å². The molecular weight excluding hydrogens is 261 g/mol.